The summed E-state index contributed by atoms with van der Waals surface area (Å²) in [4.78, 5) is 11.4. The van der Waals surface area contributed by atoms with Crippen LogP contribution in [0.25, 0.3) is 0 Å². The average Bonchev–Trinajstić information content (AvgIpc) is 2.48. The van der Waals surface area contributed by atoms with Crippen molar-refractivity contribution in [3.05, 3.63) is 65.2 Å². The molecule has 0 aliphatic rings. The molecule has 0 atom stereocenters. The highest BCUT2D eigenvalue weighted by Crippen LogP contribution is 2.19. The van der Waals surface area contributed by atoms with Crippen LogP contribution in [0.2, 0.25) is 0 Å². The fraction of sp³-hybridized carbons (Fsp3) is 0.235. The number of rotatable bonds is 6. The van der Waals surface area contributed by atoms with Crippen molar-refractivity contribution in [1.82, 2.24) is 0 Å². The summed E-state index contributed by atoms with van der Waals surface area (Å²) in [6, 6.07) is 15.7. The molecule has 0 heterocycles. The Balaban J connectivity index is 2.06. The van der Waals surface area contributed by atoms with Gasteiger partial charge >= 0.3 is 0 Å². The zero-order chi connectivity index (χ0) is 14.4. The smallest absolute Gasteiger partial charge is 0.248 e. The lowest BCUT2D eigenvalue weighted by Gasteiger charge is -2.09. The van der Waals surface area contributed by atoms with Crippen molar-refractivity contribution in [2.75, 3.05) is 7.11 Å². The van der Waals surface area contributed by atoms with Crippen molar-refractivity contribution in [2.24, 2.45) is 5.73 Å². The minimum Gasteiger partial charge on any atom is -0.497 e. The number of aryl methyl sites for hydroxylation is 2. The fourth-order valence-corrected chi connectivity index (χ4v) is 2.27. The summed E-state index contributed by atoms with van der Waals surface area (Å²) >= 11 is 0. The molecule has 0 aliphatic carbocycles. The Bertz CT molecular complexity index is 579. The Labute approximate surface area is 119 Å². The molecule has 104 valence electrons. The number of hydrogen-bond acceptors (Lipinski definition) is 2. The number of nitrogens with two attached hydrogens (primary N) is 1. The molecule has 20 heavy (non-hydrogen) atoms. The van der Waals surface area contributed by atoms with Gasteiger partial charge in [0.05, 0.1) is 7.11 Å². The molecule has 0 spiro atoms. The summed E-state index contributed by atoms with van der Waals surface area (Å²) in [6.45, 7) is 0. The molecule has 3 nitrogen and oxygen atoms in total. The first-order chi connectivity index (χ1) is 9.70. The third kappa shape index (κ3) is 3.60. The van der Waals surface area contributed by atoms with E-state index in [1.54, 1.807) is 19.2 Å². The van der Waals surface area contributed by atoms with Gasteiger partial charge in [-0.1, -0.05) is 30.3 Å². The summed E-state index contributed by atoms with van der Waals surface area (Å²) in [6.07, 6.45) is 2.76. The van der Waals surface area contributed by atoms with Crippen LogP contribution in [0.4, 0.5) is 0 Å². The molecule has 0 aromatic heterocycles. The predicted molar refractivity (Wildman–Crippen MR) is 80.0 cm³/mol. The molecule has 1 amide bonds. The highest BCUT2D eigenvalue weighted by atomic mass is 16.5. The van der Waals surface area contributed by atoms with E-state index in [4.69, 9.17) is 10.5 Å². The Hall–Kier alpha value is -2.29. The van der Waals surface area contributed by atoms with E-state index in [9.17, 15) is 4.79 Å². The van der Waals surface area contributed by atoms with Gasteiger partial charge in [0.15, 0.2) is 0 Å². The van der Waals surface area contributed by atoms with Crippen LogP contribution in [0, 0.1) is 0 Å². The highest BCUT2D eigenvalue weighted by Gasteiger charge is 2.09. The van der Waals surface area contributed by atoms with E-state index in [-0.39, 0.29) is 5.91 Å². The largest absolute Gasteiger partial charge is 0.497 e. The van der Waals surface area contributed by atoms with Crippen LogP contribution in [-0.2, 0) is 12.8 Å². The van der Waals surface area contributed by atoms with E-state index < -0.39 is 0 Å². The van der Waals surface area contributed by atoms with Gasteiger partial charge in [0.25, 0.3) is 0 Å². The van der Waals surface area contributed by atoms with Crippen LogP contribution >= 0.6 is 0 Å². The van der Waals surface area contributed by atoms with E-state index in [2.05, 4.69) is 12.1 Å². The zero-order valence-electron chi connectivity index (χ0n) is 11.6. The Kier molecular flexibility index (Phi) is 4.77. The second kappa shape index (κ2) is 6.75. The van der Waals surface area contributed by atoms with Gasteiger partial charge in [-0.15, -0.1) is 0 Å². The van der Waals surface area contributed by atoms with Gasteiger partial charge in [0, 0.05) is 5.56 Å². The number of benzene rings is 2. The molecule has 0 radical (unpaired) electrons. The van der Waals surface area contributed by atoms with Crippen LogP contribution in [0.15, 0.2) is 48.5 Å². The molecule has 3 heteroatoms. The normalized spacial score (nSPS) is 10.2. The van der Waals surface area contributed by atoms with Gasteiger partial charge in [-0.25, -0.2) is 0 Å². The van der Waals surface area contributed by atoms with Crippen LogP contribution in [0.1, 0.15) is 27.9 Å². The number of ether oxygens (including phenoxy) is 1. The quantitative estimate of drug-likeness (QED) is 0.876. The maximum atomic E-state index is 11.4. The lowest BCUT2D eigenvalue weighted by molar-refractivity contribution is 0.0999. The van der Waals surface area contributed by atoms with Crippen LogP contribution in [0.3, 0.4) is 0 Å². The molecular weight excluding hydrogens is 250 g/mol. The molecule has 0 bridgehead atoms. The Morgan fingerprint density at radius 1 is 1.10 bits per heavy atom. The van der Waals surface area contributed by atoms with Gasteiger partial charge in [-0.3, -0.25) is 4.79 Å². The van der Waals surface area contributed by atoms with Gasteiger partial charge in [0.1, 0.15) is 5.75 Å². The number of methoxy groups -OCH3 is 1. The molecule has 2 N–H and O–H groups in total. The third-order valence-corrected chi connectivity index (χ3v) is 3.33. The lowest BCUT2D eigenvalue weighted by Crippen LogP contribution is -2.14. The number of carbonyl (C=O) groups is 1. The van der Waals surface area contributed by atoms with Crippen molar-refractivity contribution in [1.29, 1.82) is 0 Å². The number of carbonyl (C=O) groups excluding carboxylic acids is 1. The molecule has 0 saturated heterocycles. The van der Waals surface area contributed by atoms with E-state index >= 15 is 0 Å². The van der Waals surface area contributed by atoms with Crippen molar-refractivity contribution in [3.63, 3.8) is 0 Å². The summed E-state index contributed by atoms with van der Waals surface area (Å²) in [5.74, 6) is 0.368. The second-order valence-electron chi connectivity index (χ2n) is 4.73. The van der Waals surface area contributed by atoms with Gasteiger partial charge in [-0.2, -0.15) is 0 Å². The van der Waals surface area contributed by atoms with E-state index in [0.29, 0.717) is 5.56 Å². The van der Waals surface area contributed by atoms with E-state index in [1.807, 2.05) is 24.3 Å². The van der Waals surface area contributed by atoms with E-state index in [1.165, 1.54) is 5.56 Å². The molecule has 0 unspecified atom stereocenters. The maximum absolute atomic E-state index is 11.4. The third-order valence-electron chi connectivity index (χ3n) is 3.33. The summed E-state index contributed by atoms with van der Waals surface area (Å²) < 4.78 is 5.20. The Morgan fingerprint density at radius 2 is 1.85 bits per heavy atom. The maximum Gasteiger partial charge on any atom is 0.248 e. The van der Waals surface area contributed by atoms with E-state index in [0.717, 1.165) is 30.6 Å². The first kappa shape index (κ1) is 14.1. The molecule has 0 fully saturated rings. The predicted octanol–water partition coefficient (Wildman–Crippen LogP) is 2.97. The van der Waals surface area contributed by atoms with Gasteiger partial charge in [0.2, 0.25) is 5.91 Å². The highest BCUT2D eigenvalue weighted by molar-refractivity contribution is 5.94. The summed E-state index contributed by atoms with van der Waals surface area (Å²) in [5.41, 5.74) is 8.24. The summed E-state index contributed by atoms with van der Waals surface area (Å²) in [5, 5.41) is 0. The van der Waals surface area contributed by atoms with Gasteiger partial charge < -0.3 is 10.5 Å². The summed E-state index contributed by atoms with van der Waals surface area (Å²) in [7, 11) is 1.62. The monoisotopic (exact) mass is 269 g/mol. The minimum atomic E-state index is -0.387. The van der Waals surface area contributed by atoms with Crippen LogP contribution < -0.4 is 10.5 Å². The van der Waals surface area contributed by atoms with Crippen LogP contribution in [0.5, 0.6) is 5.75 Å². The van der Waals surface area contributed by atoms with Crippen molar-refractivity contribution >= 4 is 5.91 Å². The molecule has 2 aromatic carbocycles. The second-order valence-corrected chi connectivity index (χ2v) is 4.73. The first-order valence-electron chi connectivity index (χ1n) is 6.71. The molecule has 0 aliphatic heterocycles. The first-order valence-corrected chi connectivity index (χ1v) is 6.71. The lowest BCUT2D eigenvalue weighted by atomic mass is 9.99. The molecule has 2 rings (SSSR count). The standard InChI is InChI=1S/C17H19NO2/c1-20-15-10-11-16(17(18)19)14(12-15)9-5-8-13-6-3-2-4-7-13/h2-4,6-7,10-12H,5,8-9H2,1H3,(H2,18,19). The van der Waals surface area contributed by atoms with Crippen molar-refractivity contribution < 1.29 is 9.53 Å². The SMILES string of the molecule is COc1ccc(C(N)=O)c(CCCc2ccccc2)c1. The molecular formula is C17H19NO2. The number of amides is 1. The minimum absolute atomic E-state index is 0.387. The fourth-order valence-electron chi connectivity index (χ4n) is 2.27. The Morgan fingerprint density at radius 3 is 2.50 bits per heavy atom. The van der Waals surface area contributed by atoms with Crippen molar-refractivity contribution in [2.45, 2.75) is 19.3 Å². The molecule has 2 aromatic rings. The number of hydrogen-bond donors (Lipinski definition) is 1. The molecule has 0 saturated carbocycles. The average molecular weight is 269 g/mol. The van der Waals surface area contributed by atoms with Crippen molar-refractivity contribution in [3.8, 4) is 5.75 Å². The zero-order valence-corrected chi connectivity index (χ0v) is 11.6. The number of primary amides is 1. The topological polar surface area (TPSA) is 52.3 Å². The van der Waals surface area contributed by atoms with Gasteiger partial charge in [-0.05, 0) is 48.6 Å². The van der Waals surface area contributed by atoms with Crippen LogP contribution in [-0.4, -0.2) is 13.0 Å².